The van der Waals surface area contributed by atoms with E-state index in [4.69, 9.17) is 0 Å². The molecule has 24 heteroatoms. The number of carbonyl (C=O) groups excluding carboxylic acids is 4. The molecule has 4 heterocycles. The molecule has 0 saturated carbocycles. The molecule has 330 valence electrons. The summed E-state index contributed by atoms with van der Waals surface area (Å²) in [6.45, 7) is 0. The van der Waals surface area contributed by atoms with Crippen LogP contribution in [0.4, 0.5) is 11.4 Å². The summed E-state index contributed by atoms with van der Waals surface area (Å²) in [6.07, 6.45) is 7.21. The molecule has 0 unspecified atom stereocenters. The molecule has 22 nitrogen and oxygen atoms in total. The number of rotatable bonds is 6. The minimum atomic E-state index is -1.81. The largest absolute Gasteiger partial charge is 2.00 e. The summed E-state index contributed by atoms with van der Waals surface area (Å²) in [5, 5.41) is 66.9. The van der Waals surface area contributed by atoms with Crippen molar-refractivity contribution in [2.24, 2.45) is 0 Å². The Bertz CT molecular complexity index is 2620. The van der Waals surface area contributed by atoms with Gasteiger partial charge in [0.15, 0.2) is 0 Å². The van der Waals surface area contributed by atoms with Crippen molar-refractivity contribution in [3.8, 4) is 0 Å². The number of benzene rings is 4. The number of hydrogen-bond donors (Lipinski definition) is 0. The molecule has 4 aromatic carbocycles. The van der Waals surface area contributed by atoms with Crippen LogP contribution in [0.3, 0.4) is 0 Å². The average Bonchev–Trinajstić information content (AvgIpc) is 3.23. The summed E-state index contributed by atoms with van der Waals surface area (Å²) < 4.78 is 0. The molecule has 4 aromatic heterocycles. The van der Waals surface area contributed by atoms with Gasteiger partial charge < -0.3 is 61.5 Å². The van der Waals surface area contributed by atoms with Crippen LogP contribution in [0, 0.1) is 20.2 Å². The molecule has 12 N–H and O–H groups in total. The first-order chi connectivity index (χ1) is 27.8. The fourth-order valence-electron chi connectivity index (χ4n) is 5.34. The van der Waals surface area contributed by atoms with E-state index in [2.05, 4.69) is 68.5 Å². The van der Waals surface area contributed by atoms with Gasteiger partial charge in [0.1, 0.15) is 0 Å². The standard InChI is InChI=1S/2C12H8N2.2C8H5NO6.2Mn.4H2O/c2*1-3-9-5-6-10-4-2-8-14-12(10)11(9)13-7-1;2*10-7(11)5-2-1-4(9(14)15)3-6(5)8(12)13;;;;;;/h2*1-8H;2*1-3H,(H,10,11)(H,12,13);;;4*1H2/q;;;;2*+2;;;;. The third-order valence-corrected chi connectivity index (χ3v) is 8.00. The maximum Gasteiger partial charge on any atom is 2.00 e. The topological polar surface area (TPSA) is 430 Å². The zero-order chi connectivity index (χ0) is 41.9. The molecule has 0 saturated heterocycles. The fourth-order valence-corrected chi connectivity index (χ4v) is 5.34. The SMILES string of the molecule is O=C([O-])c1ccc([N+](=O)[O-])cc1C(=O)[O-].O=C([O-])c1ccc([N+](=O)[O-])cc1C(=O)[O-].[Mn+2].[Mn+2].[OH3+].[OH3+].[OH3+].[OH3+].c1cnc2c(c1)ccc1cccnc12.c1cnc2c(c1)ccc1cccnc12. The third-order valence-electron chi connectivity index (χ3n) is 8.00. The Morgan fingerprint density at radius 1 is 0.375 bits per heavy atom. The molecule has 8 rings (SSSR count). The molecular weight excluding hydrogens is 930 g/mol. The van der Waals surface area contributed by atoms with Gasteiger partial charge in [0.25, 0.3) is 11.4 Å². The molecule has 64 heavy (non-hydrogen) atoms. The zero-order valence-electron chi connectivity index (χ0n) is 32.3. The van der Waals surface area contributed by atoms with E-state index < -0.39 is 67.4 Å². The van der Waals surface area contributed by atoms with E-state index >= 15 is 0 Å². The van der Waals surface area contributed by atoms with Crippen LogP contribution in [0.1, 0.15) is 41.4 Å². The summed E-state index contributed by atoms with van der Waals surface area (Å²) >= 11 is 0. The van der Waals surface area contributed by atoms with Gasteiger partial charge in [-0.1, -0.05) is 48.5 Å². The molecule has 0 aliphatic heterocycles. The van der Waals surface area contributed by atoms with Crippen LogP contribution in [0.5, 0.6) is 0 Å². The smallest absolute Gasteiger partial charge is 0.545 e. The predicted octanol–water partition coefficient (Wildman–Crippen LogP) is -1.48. The van der Waals surface area contributed by atoms with Gasteiger partial charge >= 0.3 is 34.1 Å². The summed E-state index contributed by atoms with van der Waals surface area (Å²) in [6, 6.07) is 28.8. The van der Waals surface area contributed by atoms with Crippen LogP contribution in [0.25, 0.3) is 43.6 Å². The van der Waals surface area contributed by atoms with E-state index in [-0.39, 0.29) is 56.0 Å². The van der Waals surface area contributed by atoms with Gasteiger partial charge in [0.2, 0.25) is 0 Å². The molecule has 0 fully saturated rings. The van der Waals surface area contributed by atoms with Crippen molar-refractivity contribution in [1.29, 1.82) is 0 Å². The van der Waals surface area contributed by atoms with E-state index in [9.17, 15) is 59.8 Å². The number of hydrogen-bond acceptors (Lipinski definition) is 16. The number of nitro benzene ring substituents is 2. The molecule has 0 aliphatic rings. The van der Waals surface area contributed by atoms with E-state index in [0.717, 1.165) is 67.9 Å². The molecular formula is C40H34Mn2N6O16+4. The van der Waals surface area contributed by atoms with Crippen molar-refractivity contribution in [1.82, 2.24) is 19.9 Å². The van der Waals surface area contributed by atoms with Crippen LogP contribution in [-0.2, 0) is 56.0 Å². The number of fused-ring (bicyclic) bond motifs is 6. The van der Waals surface area contributed by atoms with Crippen LogP contribution in [0.15, 0.2) is 134 Å². The van der Waals surface area contributed by atoms with Gasteiger partial charge in [0, 0.05) is 92.9 Å². The first kappa shape index (κ1) is 58.2. The second-order valence-corrected chi connectivity index (χ2v) is 11.6. The summed E-state index contributed by atoms with van der Waals surface area (Å²) in [4.78, 5) is 78.1. The van der Waals surface area contributed by atoms with Gasteiger partial charge in [0.05, 0.1) is 55.8 Å². The molecule has 0 spiro atoms. The van der Waals surface area contributed by atoms with Crippen LogP contribution >= 0.6 is 0 Å². The number of carboxylic acids is 4. The molecule has 0 atom stereocenters. The number of nitro groups is 2. The number of carbonyl (C=O) groups is 4. The first-order valence-electron chi connectivity index (χ1n) is 16.4. The van der Waals surface area contributed by atoms with Gasteiger partial charge in [-0.25, -0.2) is 0 Å². The normalized spacial score (nSPS) is 9.25. The maximum atomic E-state index is 10.5. The number of aromatic nitrogens is 4. The number of nitrogens with zero attached hydrogens (tertiary/aromatic N) is 6. The zero-order valence-corrected chi connectivity index (χ0v) is 34.7. The second-order valence-electron chi connectivity index (χ2n) is 11.6. The van der Waals surface area contributed by atoms with Crippen molar-refractivity contribution < 1.29 is 105 Å². The van der Waals surface area contributed by atoms with Crippen LogP contribution in [-0.4, -0.2) is 53.7 Å². The number of aromatic carboxylic acids is 4. The first-order valence-corrected chi connectivity index (χ1v) is 16.4. The predicted molar refractivity (Wildman–Crippen MR) is 217 cm³/mol. The van der Waals surface area contributed by atoms with Crippen molar-refractivity contribution in [2.75, 3.05) is 0 Å². The van der Waals surface area contributed by atoms with Crippen LogP contribution < -0.4 is 20.4 Å². The van der Waals surface area contributed by atoms with Crippen molar-refractivity contribution >= 4 is 78.9 Å². The number of carboxylic acid groups (broad SMARTS) is 4. The Kier molecular flexibility index (Phi) is 24.0. The number of pyridine rings is 4. The molecule has 8 aromatic rings. The van der Waals surface area contributed by atoms with Gasteiger partial charge in [-0.2, -0.15) is 0 Å². The van der Waals surface area contributed by atoms with E-state index in [1.807, 2.05) is 24.3 Å². The average molecular weight is 965 g/mol. The quantitative estimate of drug-likeness (QED) is 0.0603. The van der Waals surface area contributed by atoms with Gasteiger partial charge in [-0.15, -0.1) is 0 Å². The van der Waals surface area contributed by atoms with E-state index in [1.165, 1.54) is 0 Å². The Labute approximate surface area is 379 Å². The monoisotopic (exact) mass is 964 g/mol. The summed E-state index contributed by atoms with van der Waals surface area (Å²) in [7, 11) is 0. The minimum absolute atomic E-state index is 0. The Hall–Kier alpha value is -7.92. The van der Waals surface area contributed by atoms with Crippen molar-refractivity contribution in [3.05, 3.63) is 176 Å². The molecule has 0 bridgehead atoms. The van der Waals surface area contributed by atoms with E-state index in [1.54, 1.807) is 24.8 Å². The fraction of sp³-hybridized carbons (Fsp3) is 0. The maximum absolute atomic E-state index is 10.5. The van der Waals surface area contributed by atoms with E-state index in [0.29, 0.717) is 12.1 Å². The summed E-state index contributed by atoms with van der Waals surface area (Å²) in [5.74, 6) is -7.08. The molecule has 2 radical (unpaired) electrons. The Morgan fingerprint density at radius 2 is 0.609 bits per heavy atom. The third kappa shape index (κ3) is 14.1. The van der Waals surface area contributed by atoms with Gasteiger partial charge in [-0.3, -0.25) is 40.2 Å². The molecule has 0 aliphatic carbocycles. The second kappa shape index (κ2) is 26.4. The van der Waals surface area contributed by atoms with Crippen LogP contribution in [0.2, 0.25) is 0 Å². The number of non-ortho nitro benzene ring substituents is 2. The Morgan fingerprint density at radius 3 is 0.812 bits per heavy atom. The minimum Gasteiger partial charge on any atom is -0.545 e. The van der Waals surface area contributed by atoms with Gasteiger partial charge in [-0.05, 0) is 36.4 Å². The summed E-state index contributed by atoms with van der Waals surface area (Å²) in [5.41, 5.74) is 0.000370. The Balaban J connectivity index is 0. The van der Waals surface area contributed by atoms with Crippen molar-refractivity contribution in [3.63, 3.8) is 0 Å². The molecule has 0 amide bonds. The van der Waals surface area contributed by atoms with Crippen molar-refractivity contribution in [2.45, 2.75) is 0 Å².